The Kier molecular flexibility index (Phi) is 5.42. The molecule has 0 aliphatic rings. The van der Waals surface area contributed by atoms with E-state index in [1.165, 1.54) is 14.2 Å². The van der Waals surface area contributed by atoms with Gasteiger partial charge < -0.3 is 20.1 Å². The molecule has 126 valence electrons. The zero-order valence-corrected chi connectivity index (χ0v) is 14.1. The zero-order valence-electron chi connectivity index (χ0n) is 14.1. The molecular formula is C18H20N2O4. The van der Waals surface area contributed by atoms with Crippen LogP contribution in [-0.2, 0) is 9.59 Å². The number of amides is 2. The van der Waals surface area contributed by atoms with Crippen LogP contribution in [0.4, 0.5) is 11.4 Å². The molecule has 2 aromatic carbocycles. The minimum atomic E-state index is -0.763. The van der Waals surface area contributed by atoms with Crippen LogP contribution in [0.5, 0.6) is 11.5 Å². The number of hydrogen-bond donors (Lipinski definition) is 2. The molecule has 0 unspecified atom stereocenters. The SMILES string of the molecule is COc1ccc(NC(=O)C(=O)Nc2ccc(C)c(C)c2)cc1OC. The van der Waals surface area contributed by atoms with Gasteiger partial charge in [-0.25, -0.2) is 0 Å². The summed E-state index contributed by atoms with van der Waals surface area (Å²) in [5, 5.41) is 5.10. The molecule has 0 spiro atoms. The van der Waals surface area contributed by atoms with Gasteiger partial charge in [0.25, 0.3) is 0 Å². The quantitative estimate of drug-likeness (QED) is 0.846. The fourth-order valence-electron chi connectivity index (χ4n) is 2.11. The monoisotopic (exact) mass is 328 g/mol. The summed E-state index contributed by atoms with van der Waals surface area (Å²) < 4.78 is 10.3. The smallest absolute Gasteiger partial charge is 0.314 e. The highest BCUT2D eigenvalue weighted by atomic mass is 16.5. The van der Waals surface area contributed by atoms with Crippen LogP contribution in [0.15, 0.2) is 36.4 Å². The maximum absolute atomic E-state index is 12.0. The van der Waals surface area contributed by atoms with Gasteiger partial charge in [0.2, 0.25) is 0 Å². The van der Waals surface area contributed by atoms with Gasteiger partial charge in [-0.05, 0) is 49.2 Å². The van der Waals surface area contributed by atoms with Crippen molar-refractivity contribution in [3.63, 3.8) is 0 Å². The molecule has 0 radical (unpaired) electrons. The van der Waals surface area contributed by atoms with Crippen molar-refractivity contribution in [3.05, 3.63) is 47.5 Å². The van der Waals surface area contributed by atoms with Crippen LogP contribution >= 0.6 is 0 Å². The molecule has 2 aromatic rings. The lowest BCUT2D eigenvalue weighted by Gasteiger charge is -2.11. The lowest BCUT2D eigenvalue weighted by molar-refractivity contribution is -0.132. The van der Waals surface area contributed by atoms with E-state index in [-0.39, 0.29) is 0 Å². The Morgan fingerprint density at radius 2 is 1.29 bits per heavy atom. The van der Waals surface area contributed by atoms with Crippen molar-refractivity contribution in [1.29, 1.82) is 0 Å². The lowest BCUT2D eigenvalue weighted by Crippen LogP contribution is -2.29. The minimum absolute atomic E-state index is 0.438. The maximum atomic E-state index is 12.0. The van der Waals surface area contributed by atoms with Gasteiger partial charge in [0, 0.05) is 17.4 Å². The van der Waals surface area contributed by atoms with E-state index in [1.54, 1.807) is 24.3 Å². The minimum Gasteiger partial charge on any atom is -0.493 e. The van der Waals surface area contributed by atoms with E-state index in [9.17, 15) is 9.59 Å². The van der Waals surface area contributed by atoms with Crippen LogP contribution in [0, 0.1) is 13.8 Å². The number of aryl methyl sites for hydroxylation is 2. The van der Waals surface area contributed by atoms with Gasteiger partial charge in [0.1, 0.15) is 0 Å². The largest absolute Gasteiger partial charge is 0.493 e. The number of rotatable bonds is 4. The van der Waals surface area contributed by atoms with E-state index in [0.29, 0.717) is 22.9 Å². The second-order valence-corrected chi connectivity index (χ2v) is 5.28. The van der Waals surface area contributed by atoms with Crippen molar-refractivity contribution < 1.29 is 19.1 Å². The summed E-state index contributed by atoms with van der Waals surface area (Å²) in [4.78, 5) is 24.0. The Labute approximate surface area is 140 Å². The third-order valence-corrected chi connectivity index (χ3v) is 3.61. The van der Waals surface area contributed by atoms with Crippen LogP contribution in [0.2, 0.25) is 0 Å². The zero-order chi connectivity index (χ0) is 17.7. The second-order valence-electron chi connectivity index (χ2n) is 5.28. The highest BCUT2D eigenvalue weighted by Crippen LogP contribution is 2.29. The van der Waals surface area contributed by atoms with Gasteiger partial charge in [-0.15, -0.1) is 0 Å². The number of methoxy groups -OCH3 is 2. The summed E-state index contributed by atoms with van der Waals surface area (Å²) in [5.41, 5.74) is 3.16. The Balaban J connectivity index is 2.06. The van der Waals surface area contributed by atoms with E-state index in [1.807, 2.05) is 26.0 Å². The molecule has 0 saturated heterocycles. The Morgan fingerprint density at radius 3 is 1.83 bits per heavy atom. The molecule has 6 heteroatoms. The number of carbonyl (C=O) groups is 2. The van der Waals surface area contributed by atoms with E-state index < -0.39 is 11.8 Å². The van der Waals surface area contributed by atoms with Crippen LogP contribution in [-0.4, -0.2) is 26.0 Å². The molecule has 0 heterocycles. The van der Waals surface area contributed by atoms with Crippen LogP contribution in [0.1, 0.15) is 11.1 Å². The fourth-order valence-corrected chi connectivity index (χ4v) is 2.11. The van der Waals surface area contributed by atoms with Gasteiger partial charge in [0.05, 0.1) is 14.2 Å². The number of carbonyl (C=O) groups excluding carboxylic acids is 2. The van der Waals surface area contributed by atoms with Crippen molar-refractivity contribution in [3.8, 4) is 11.5 Å². The van der Waals surface area contributed by atoms with E-state index in [2.05, 4.69) is 10.6 Å². The summed E-state index contributed by atoms with van der Waals surface area (Å²) in [7, 11) is 3.02. The first-order valence-electron chi connectivity index (χ1n) is 7.36. The molecule has 0 atom stereocenters. The van der Waals surface area contributed by atoms with E-state index in [0.717, 1.165) is 11.1 Å². The standard InChI is InChI=1S/C18H20N2O4/c1-11-5-6-13(9-12(11)2)19-17(21)18(22)20-14-7-8-15(23-3)16(10-14)24-4/h5-10H,1-4H3,(H,19,21)(H,20,22). The van der Waals surface area contributed by atoms with Gasteiger partial charge in [0.15, 0.2) is 11.5 Å². The predicted molar refractivity (Wildman–Crippen MR) is 92.7 cm³/mol. The first kappa shape index (κ1) is 17.3. The number of anilines is 2. The molecule has 0 saturated carbocycles. The van der Waals surface area contributed by atoms with Crippen molar-refractivity contribution >= 4 is 23.2 Å². The molecule has 0 aliphatic heterocycles. The van der Waals surface area contributed by atoms with Gasteiger partial charge in [-0.2, -0.15) is 0 Å². The lowest BCUT2D eigenvalue weighted by atomic mass is 10.1. The highest BCUT2D eigenvalue weighted by molar-refractivity contribution is 6.43. The third kappa shape index (κ3) is 4.04. The summed E-state index contributed by atoms with van der Waals surface area (Å²) in [6.45, 7) is 3.92. The fraction of sp³-hybridized carbons (Fsp3) is 0.222. The van der Waals surface area contributed by atoms with Crippen molar-refractivity contribution in [2.45, 2.75) is 13.8 Å². The molecule has 0 aromatic heterocycles. The van der Waals surface area contributed by atoms with Crippen molar-refractivity contribution in [2.24, 2.45) is 0 Å². The summed E-state index contributed by atoms with van der Waals surface area (Å²) >= 11 is 0. The van der Waals surface area contributed by atoms with Crippen LogP contribution in [0.3, 0.4) is 0 Å². The molecule has 2 amide bonds. The number of ether oxygens (including phenoxy) is 2. The highest BCUT2D eigenvalue weighted by Gasteiger charge is 2.15. The van der Waals surface area contributed by atoms with Crippen LogP contribution in [0.25, 0.3) is 0 Å². The Bertz CT molecular complexity index is 772. The van der Waals surface area contributed by atoms with Crippen molar-refractivity contribution in [2.75, 3.05) is 24.9 Å². The van der Waals surface area contributed by atoms with Crippen LogP contribution < -0.4 is 20.1 Å². The van der Waals surface area contributed by atoms with Crippen molar-refractivity contribution in [1.82, 2.24) is 0 Å². The molecule has 6 nitrogen and oxygen atoms in total. The molecule has 0 aliphatic carbocycles. The molecule has 24 heavy (non-hydrogen) atoms. The molecule has 2 N–H and O–H groups in total. The Hall–Kier alpha value is -3.02. The first-order valence-corrected chi connectivity index (χ1v) is 7.36. The molecular weight excluding hydrogens is 308 g/mol. The molecule has 0 fully saturated rings. The van der Waals surface area contributed by atoms with Gasteiger partial charge >= 0.3 is 11.8 Å². The summed E-state index contributed by atoms with van der Waals surface area (Å²) in [6.07, 6.45) is 0. The third-order valence-electron chi connectivity index (χ3n) is 3.61. The van der Waals surface area contributed by atoms with Gasteiger partial charge in [-0.1, -0.05) is 6.07 Å². The summed E-state index contributed by atoms with van der Waals surface area (Å²) in [5.74, 6) is -0.506. The van der Waals surface area contributed by atoms with Gasteiger partial charge in [-0.3, -0.25) is 9.59 Å². The summed E-state index contributed by atoms with van der Waals surface area (Å²) in [6, 6.07) is 10.3. The predicted octanol–water partition coefficient (Wildman–Crippen LogP) is 2.90. The Morgan fingerprint density at radius 1 is 0.750 bits per heavy atom. The van der Waals surface area contributed by atoms with E-state index >= 15 is 0 Å². The number of nitrogens with one attached hydrogen (secondary N) is 2. The maximum Gasteiger partial charge on any atom is 0.314 e. The molecule has 0 bridgehead atoms. The number of benzene rings is 2. The second kappa shape index (κ2) is 7.50. The van der Waals surface area contributed by atoms with E-state index in [4.69, 9.17) is 9.47 Å². The average Bonchev–Trinajstić information content (AvgIpc) is 2.57. The topological polar surface area (TPSA) is 76.7 Å². The normalized spacial score (nSPS) is 10.0. The first-order chi connectivity index (χ1) is 11.4. The molecule has 2 rings (SSSR count). The average molecular weight is 328 g/mol. The number of hydrogen-bond acceptors (Lipinski definition) is 4.